The Morgan fingerprint density at radius 3 is 2.87 bits per heavy atom. The first-order valence-electron chi connectivity index (χ1n) is 4.42. The Bertz CT molecular complexity index is 474. The van der Waals surface area contributed by atoms with Crippen molar-refractivity contribution in [3.05, 3.63) is 42.3 Å². The maximum Gasteiger partial charge on any atom is 0.216 e. The van der Waals surface area contributed by atoms with Crippen molar-refractivity contribution < 1.29 is 9.13 Å². The van der Waals surface area contributed by atoms with Crippen LogP contribution in [0.25, 0.3) is 11.4 Å². The van der Waals surface area contributed by atoms with Crippen LogP contribution in [0.5, 0.6) is 5.88 Å². The molecule has 0 N–H and O–H groups in total. The summed E-state index contributed by atoms with van der Waals surface area (Å²) < 4.78 is 17.9. The van der Waals surface area contributed by atoms with Gasteiger partial charge in [-0.15, -0.1) is 0 Å². The molecular weight excluding hydrogens is 195 g/mol. The van der Waals surface area contributed by atoms with E-state index in [1.54, 1.807) is 24.4 Å². The van der Waals surface area contributed by atoms with E-state index in [0.717, 1.165) is 0 Å². The quantitative estimate of drug-likeness (QED) is 0.752. The van der Waals surface area contributed by atoms with E-state index in [4.69, 9.17) is 4.74 Å². The van der Waals surface area contributed by atoms with Gasteiger partial charge in [0.05, 0.1) is 7.11 Å². The molecular formula is C11H9FN2O. The van der Waals surface area contributed by atoms with Crippen LogP contribution in [0.1, 0.15) is 0 Å². The van der Waals surface area contributed by atoms with E-state index in [2.05, 4.69) is 9.97 Å². The lowest BCUT2D eigenvalue weighted by atomic mass is 10.2. The van der Waals surface area contributed by atoms with E-state index in [0.29, 0.717) is 17.3 Å². The average Bonchev–Trinajstić information content (AvgIpc) is 2.29. The molecule has 0 atom stereocenters. The Hall–Kier alpha value is -1.97. The highest BCUT2D eigenvalue weighted by molar-refractivity contribution is 5.54. The fourth-order valence-electron chi connectivity index (χ4n) is 1.22. The van der Waals surface area contributed by atoms with Crippen LogP contribution >= 0.6 is 0 Å². The summed E-state index contributed by atoms with van der Waals surface area (Å²) in [6.07, 6.45) is 1.58. The molecule has 1 heterocycles. The van der Waals surface area contributed by atoms with Crippen molar-refractivity contribution in [1.82, 2.24) is 9.97 Å². The summed E-state index contributed by atoms with van der Waals surface area (Å²) in [5.74, 6) is 0.608. The lowest BCUT2D eigenvalue weighted by molar-refractivity contribution is 0.397. The van der Waals surface area contributed by atoms with Gasteiger partial charge in [0.2, 0.25) is 5.88 Å². The molecule has 0 fully saturated rings. The summed E-state index contributed by atoms with van der Waals surface area (Å²) in [6.45, 7) is 0. The van der Waals surface area contributed by atoms with Crippen LogP contribution in [0.2, 0.25) is 0 Å². The topological polar surface area (TPSA) is 35.0 Å². The molecule has 0 aliphatic heterocycles. The fourth-order valence-corrected chi connectivity index (χ4v) is 1.22. The molecule has 0 unspecified atom stereocenters. The van der Waals surface area contributed by atoms with Gasteiger partial charge in [-0.05, 0) is 12.1 Å². The van der Waals surface area contributed by atoms with Crippen LogP contribution in [-0.2, 0) is 0 Å². The number of aromatic nitrogens is 2. The van der Waals surface area contributed by atoms with Gasteiger partial charge in [0.25, 0.3) is 0 Å². The number of halogens is 1. The zero-order chi connectivity index (χ0) is 10.7. The Morgan fingerprint density at radius 2 is 2.13 bits per heavy atom. The average molecular weight is 204 g/mol. The summed E-state index contributed by atoms with van der Waals surface area (Å²) in [4.78, 5) is 8.14. The number of rotatable bonds is 2. The van der Waals surface area contributed by atoms with Gasteiger partial charge in [0, 0.05) is 17.8 Å². The summed E-state index contributed by atoms with van der Waals surface area (Å²) in [5, 5.41) is 0. The molecule has 2 rings (SSSR count). The van der Waals surface area contributed by atoms with Crippen molar-refractivity contribution in [3.8, 4) is 17.3 Å². The van der Waals surface area contributed by atoms with Gasteiger partial charge >= 0.3 is 0 Å². The largest absolute Gasteiger partial charge is 0.481 e. The minimum absolute atomic E-state index is 0.307. The number of nitrogens with zero attached hydrogens (tertiary/aromatic N) is 2. The Balaban J connectivity index is 2.44. The van der Waals surface area contributed by atoms with Gasteiger partial charge in [-0.3, -0.25) is 0 Å². The number of methoxy groups -OCH3 is 1. The molecule has 15 heavy (non-hydrogen) atoms. The third-order valence-corrected chi connectivity index (χ3v) is 1.92. The van der Waals surface area contributed by atoms with E-state index in [1.807, 2.05) is 0 Å². The summed E-state index contributed by atoms with van der Waals surface area (Å²) in [7, 11) is 1.53. The molecule has 4 heteroatoms. The summed E-state index contributed by atoms with van der Waals surface area (Å²) >= 11 is 0. The van der Waals surface area contributed by atoms with Crippen molar-refractivity contribution in [2.24, 2.45) is 0 Å². The van der Waals surface area contributed by atoms with Crippen LogP contribution in [0.3, 0.4) is 0 Å². The molecule has 0 aliphatic rings. The highest BCUT2D eigenvalue weighted by atomic mass is 19.1. The van der Waals surface area contributed by atoms with Gasteiger partial charge in [-0.25, -0.2) is 9.37 Å². The van der Waals surface area contributed by atoms with Gasteiger partial charge in [0.15, 0.2) is 5.82 Å². The van der Waals surface area contributed by atoms with Crippen LogP contribution in [0, 0.1) is 5.82 Å². The van der Waals surface area contributed by atoms with E-state index in [1.165, 1.54) is 19.2 Å². The number of benzene rings is 1. The second-order valence-corrected chi connectivity index (χ2v) is 2.93. The standard InChI is InChI=1S/C11H9FN2O/c1-15-10-5-6-13-11(14-10)8-3-2-4-9(12)7-8/h2-7H,1H3. The molecule has 2 aromatic rings. The zero-order valence-corrected chi connectivity index (χ0v) is 8.14. The minimum Gasteiger partial charge on any atom is -0.481 e. The first kappa shape index (κ1) is 9.58. The fraction of sp³-hybridized carbons (Fsp3) is 0.0909. The molecule has 3 nitrogen and oxygen atoms in total. The predicted octanol–water partition coefficient (Wildman–Crippen LogP) is 2.29. The van der Waals surface area contributed by atoms with Crippen LogP contribution in [-0.4, -0.2) is 17.1 Å². The molecule has 0 saturated carbocycles. The zero-order valence-electron chi connectivity index (χ0n) is 8.14. The second kappa shape index (κ2) is 4.04. The molecule has 0 spiro atoms. The van der Waals surface area contributed by atoms with Crippen LogP contribution in [0.15, 0.2) is 36.5 Å². The first-order chi connectivity index (χ1) is 7.29. The number of hydrogen-bond donors (Lipinski definition) is 0. The van der Waals surface area contributed by atoms with Crippen LogP contribution < -0.4 is 4.74 Å². The highest BCUT2D eigenvalue weighted by Gasteiger charge is 2.03. The van der Waals surface area contributed by atoms with Crippen molar-refractivity contribution in [1.29, 1.82) is 0 Å². The molecule has 0 radical (unpaired) electrons. The van der Waals surface area contributed by atoms with E-state index >= 15 is 0 Å². The lowest BCUT2D eigenvalue weighted by Crippen LogP contribution is -1.92. The maximum atomic E-state index is 12.9. The lowest BCUT2D eigenvalue weighted by Gasteiger charge is -2.02. The molecule has 1 aromatic heterocycles. The van der Waals surface area contributed by atoms with E-state index < -0.39 is 0 Å². The van der Waals surface area contributed by atoms with Gasteiger partial charge in [-0.1, -0.05) is 12.1 Å². The van der Waals surface area contributed by atoms with Gasteiger partial charge < -0.3 is 4.74 Å². The Labute approximate surface area is 86.6 Å². The molecule has 0 saturated heterocycles. The van der Waals surface area contributed by atoms with E-state index in [-0.39, 0.29) is 5.82 Å². The van der Waals surface area contributed by atoms with Gasteiger partial charge in [-0.2, -0.15) is 4.98 Å². The van der Waals surface area contributed by atoms with Crippen molar-refractivity contribution in [2.75, 3.05) is 7.11 Å². The predicted molar refractivity (Wildman–Crippen MR) is 54.0 cm³/mol. The molecule has 76 valence electrons. The molecule has 1 aromatic carbocycles. The smallest absolute Gasteiger partial charge is 0.216 e. The SMILES string of the molecule is COc1ccnc(-c2cccc(F)c2)n1. The van der Waals surface area contributed by atoms with Crippen molar-refractivity contribution in [3.63, 3.8) is 0 Å². The Morgan fingerprint density at radius 1 is 1.27 bits per heavy atom. The van der Waals surface area contributed by atoms with Gasteiger partial charge in [0.1, 0.15) is 5.82 Å². The normalized spacial score (nSPS) is 10.0. The van der Waals surface area contributed by atoms with Crippen molar-refractivity contribution >= 4 is 0 Å². The Kier molecular flexibility index (Phi) is 2.58. The minimum atomic E-state index is -0.307. The third-order valence-electron chi connectivity index (χ3n) is 1.92. The van der Waals surface area contributed by atoms with E-state index in [9.17, 15) is 4.39 Å². The summed E-state index contributed by atoms with van der Waals surface area (Å²) in [5.41, 5.74) is 0.633. The maximum absolute atomic E-state index is 12.9. The van der Waals surface area contributed by atoms with Crippen molar-refractivity contribution in [2.45, 2.75) is 0 Å². The molecule has 0 aliphatic carbocycles. The molecule has 0 bridgehead atoms. The highest BCUT2D eigenvalue weighted by Crippen LogP contribution is 2.17. The second-order valence-electron chi connectivity index (χ2n) is 2.93. The third kappa shape index (κ3) is 2.10. The number of hydrogen-bond acceptors (Lipinski definition) is 3. The monoisotopic (exact) mass is 204 g/mol. The number of ether oxygens (including phenoxy) is 1. The molecule has 0 amide bonds. The van der Waals surface area contributed by atoms with Crippen LogP contribution in [0.4, 0.5) is 4.39 Å². The summed E-state index contributed by atoms with van der Waals surface area (Å²) in [6, 6.07) is 7.77. The first-order valence-corrected chi connectivity index (χ1v) is 4.42.